The molecule has 1 unspecified atom stereocenters. The monoisotopic (exact) mass is 749 g/mol. The van der Waals surface area contributed by atoms with Crippen LogP contribution in [-0.4, -0.2) is 15.0 Å². The van der Waals surface area contributed by atoms with E-state index in [1.807, 2.05) is 29.5 Å². The van der Waals surface area contributed by atoms with Crippen molar-refractivity contribution in [3.05, 3.63) is 174 Å². The van der Waals surface area contributed by atoms with Crippen LogP contribution in [0.15, 0.2) is 150 Å². The van der Waals surface area contributed by atoms with Crippen molar-refractivity contribution >= 4 is 75.7 Å². The molecule has 2 aliphatic carbocycles. The van der Waals surface area contributed by atoms with E-state index in [0.29, 0.717) is 17.5 Å². The lowest BCUT2D eigenvalue weighted by Gasteiger charge is -2.19. The van der Waals surface area contributed by atoms with Gasteiger partial charge in [0.05, 0.1) is 0 Å². The molecule has 3 aromatic heterocycles. The summed E-state index contributed by atoms with van der Waals surface area (Å²) >= 11 is 1.88. The number of aryl methyl sites for hydroxylation is 1. The minimum absolute atomic E-state index is 0.218. The highest BCUT2D eigenvalue weighted by Gasteiger charge is 2.29. The first-order chi connectivity index (χ1) is 28.1. The van der Waals surface area contributed by atoms with Crippen LogP contribution in [0.2, 0.25) is 0 Å². The van der Waals surface area contributed by atoms with E-state index in [1.165, 1.54) is 53.0 Å². The van der Waals surface area contributed by atoms with Gasteiger partial charge in [-0.2, -0.15) is 0 Å². The topological polar surface area (TPSA) is 51.8 Å². The van der Waals surface area contributed by atoms with Crippen LogP contribution >= 0.6 is 11.3 Å². The molecule has 0 saturated heterocycles. The molecule has 12 rings (SSSR count). The summed E-state index contributed by atoms with van der Waals surface area (Å²) in [5.74, 6) is 3.22. The number of fused-ring (bicyclic) bond motifs is 11. The van der Waals surface area contributed by atoms with Gasteiger partial charge in [0.15, 0.2) is 17.5 Å². The first kappa shape index (κ1) is 32.5. The van der Waals surface area contributed by atoms with Crippen LogP contribution in [0.4, 0.5) is 0 Å². The van der Waals surface area contributed by atoms with E-state index < -0.39 is 0 Å². The summed E-state index contributed by atoms with van der Waals surface area (Å²) in [6.07, 6.45) is 9.72. The summed E-state index contributed by atoms with van der Waals surface area (Å²) in [6.45, 7) is 2.25. The molecule has 0 spiro atoms. The Labute approximate surface area is 333 Å². The second kappa shape index (κ2) is 12.7. The standard InChI is InChI=1S/C52H35N3OS/c1-30-19-23-41(51-53-50(32-12-3-2-4-13-32)54-52(55-51)43-29-35-14-6-7-15-36(35)38-17-9-10-18-39(38)43)47-44-28-33(21-25-45(44)56-48(30)47)34-22-26-46-42(27-34)40-24-20-31-11-5-8-16-37(31)49(40)57-46/h2-5,7-13,15-18,20-30H,6,14,19H2,1H3. The summed E-state index contributed by atoms with van der Waals surface area (Å²) in [5, 5.41) is 8.64. The number of rotatable bonds is 4. The fraction of sp³-hybridized carbons (Fsp3) is 0.0962. The van der Waals surface area contributed by atoms with E-state index in [-0.39, 0.29) is 5.92 Å². The van der Waals surface area contributed by atoms with Crippen molar-refractivity contribution in [3.63, 3.8) is 0 Å². The first-order valence-corrected chi connectivity index (χ1v) is 20.6. The Bertz CT molecular complexity index is 3350. The van der Waals surface area contributed by atoms with E-state index in [1.54, 1.807) is 0 Å². The molecule has 0 amide bonds. The molecule has 0 aliphatic heterocycles. The Hall–Kier alpha value is -6.69. The molecular weight excluding hydrogens is 715 g/mol. The Morgan fingerprint density at radius 1 is 0.614 bits per heavy atom. The van der Waals surface area contributed by atoms with E-state index >= 15 is 0 Å². The van der Waals surface area contributed by atoms with E-state index in [4.69, 9.17) is 19.4 Å². The molecule has 0 radical (unpaired) electrons. The summed E-state index contributed by atoms with van der Waals surface area (Å²) in [5.41, 5.74) is 9.92. The number of thiophene rings is 1. The van der Waals surface area contributed by atoms with Crippen LogP contribution in [0.25, 0.3) is 98.2 Å². The van der Waals surface area contributed by atoms with Gasteiger partial charge in [-0.1, -0.05) is 128 Å². The van der Waals surface area contributed by atoms with Gasteiger partial charge in [-0.25, -0.2) is 15.0 Å². The normalized spacial score (nSPS) is 15.1. The zero-order valence-corrected chi connectivity index (χ0v) is 32.1. The van der Waals surface area contributed by atoms with Crippen LogP contribution in [0, 0.1) is 0 Å². The quantitative estimate of drug-likeness (QED) is 0.180. The van der Waals surface area contributed by atoms with Crippen molar-refractivity contribution < 1.29 is 4.42 Å². The van der Waals surface area contributed by atoms with Gasteiger partial charge in [-0.05, 0) is 93.4 Å². The van der Waals surface area contributed by atoms with Crippen molar-refractivity contribution in [2.75, 3.05) is 0 Å². The van der Waals surface area contributed by atoms with E-state index in [0.717, 1.165) is 69.2 Å². The highest BCUT2D eigenvalue weighted by Crippen LogP contribution is 2.46. The average molecular weight is 750 g/mol. The van der Waals surface area contributed by atoms with Crippen molar-refractivity contribution in [1.82, 2.24) is 15.0 Å². The molecule has 0 fully saturated rings. The number of benzene rings is 7. The third-order valence-electron chi connectivity index (χ3n) is 12.0. The first-order valence-electron chi connectivity index (χ1n) is 19.8. The van der Waals surface area contributed by atoms with Crippen molar-refractivity contribution in [1.29, 1.82) is 0 Å². The molecule has 0 N–H and O–H groups in total. The zero-order chi connectivity index (χ0) is 37.6. The second-order valence-corrected chi connectivity index (χ2v) is 16.5. The fourth-order valence-corrected chi connectivity index (χ4v) is 10.3. The van der Waals surface area contributed by atoms with Crippen LogP contribution in [0.3, 0.4) is 0 Å². The minimum atomic E-state index is 0.218. The van der Waals surface area contributed by atoms with Crippen LogP contribution in [-0.2, 0) is 6.42 Å². The summed E-state index contributed by atoms with van der Waals surface area (Å²) in [4.78, 5) is 15.8. The maximum Gasteiger partial charge on any atom is 0.164 e. The number of furan rings is 1. The molecule has 2 aliphatic rings. The Morgan fingerprint density at radius 2 is 1.37 bits per heavy atom. The smallest absolute Gasteiger partial charge is 0.164 e. The number of allylic oxidation sites excluding steroid dienone is 2. The minimum Gasteiger partial charge on any atom is -0.460 e. The number of hydrogen-bond acceptors (Lipinski definition) is 5. The zero-order valence-electron chi connectivity index (χ0n) is 31.3. The maximum atomic E-state index is 6.73. The predicted octanol–water partition coefficient (Wildman–Crippen LogP) is 14.2. The van der Waals surface area contributed by atoms with E-state index in [9.17, 15) is 0 Å². The highest BCUT2D eigenvalue weighted by molar-refractivity contribution is 7.26. The molecule has 0 saturated carbocycles. The maximum absolute atomic E-state index is 6.73. The van der Waals surface area contributed by atoms with Crippen LogP contribution in [0.1, 0.15) is 54.0 Å². The molecule has 270 valence electrons. The number of hydrogen-bond donors (Lipinski definition) is 0. The lowest BCUT2D eigenvalue weighted by molar-refractivity contribution is 0.502. The molecule has 4 nitrogen and oxygen atoms in total. The predicted molar refractivity (Wildman–Crippen MR) is 238 cm³/mol. The molecule has 10 aromatic rings. The summed E-state index contributed by atoms with van der Waals surface area (Å²) in [6, 6.07) is 48.0. The van der Waals surface area contributed by atoms with Gasteiger partial charge in [0.25, 0.3) is 0 Å². The van der Waals surface area contributed by atoms with E-state index in [2.05, 4.69) is 140 Å². The van der Waals surface area contributed by atoms with Crippen molar-refractivity contribution in [3.8, 4) is 33.9 Å². The van der Waals surface area contributed by atoms with Gasteiger partial charge < -0.3 is 4.42 Å². The van der Waals surface area contributed by atoms with Gasteiger partial charge in [-0.3, -0.25) is 0 Å². The Morgan fingerprint density at radius 3 is 2.26 bits per heavy atom. The molecule has 0 bridgehead atoms. The molecule has 57 heavy (non-hydrogen) atoms. The lowest BCUT2D eigenvalue weighted by Crippen LogP contribution is -2.08. The largest absolute Gasteiger partial charge is 0.460 e. The number of nitrogens with zero attached hydrogens (tertiary/aromatic N) is 3. The molecule has 3 heterocycles. The Kier molecular flexibility index (Phi) is 7.23. The molecule has 1 atom stereocenters. The average Bonchev–Trinajstić information content (AvgIpc) is 3.85. The molecular formula is C52H35N3OS. The second-order valence-electron chi connectivity index (χ2n) is 15.4. The SMILES string of the molecule is CC1CC=C(c2nc(-c3ccccc3)nc(-c3cc4c(c5ccccc35)C=CCC4)n2)c2c1oc1ccc(-c3ccc4sc5c6ccccc6ccc5c4c3)cc21. The Balaban J connectivity index is 1.04. The van der Waals surface area contributed by atoms with Gasteiger partial charge in [-0.15, -0.1) is 11.3 Å². The van der Waals surface area contributed by atoms with Crippen molar-refractivity contribution in [2.24, 2.45) is 0 Å². The molecule has 5 heteroatoms. The van der Waals surface area contributed by atoms with Gasteiger partial charge in [0.2, 0.25) is 0 Å². The molecule has 7 aromatic carbocycles. The lowest BCUT2D eigenvalue weighted by atomic mass is 9.87. The van der Waals surface area contributed by atoms with Crippen LogP contribution < -0.4 is 0 Å². The fourth-order valence-electron chi connectivity index (χ4n) is 9.13. The summed E-state index contributed by atoms with van der Waals surface area (Å²) < 4.78 is 9.38. The van der Waals surface area contributed by atoms with Gasteiger partial charge in [0, 0.05) is 53.7 Å². The highest BCUT2D eigenvalue weighted by atomic mass is 32.1. The third kappa shape index (κ3) is 5.16. The van der Waals surface area contributed by atoms with Gasteiger partial charge >= 0.3 is 0 Å². The van der Waals surface area contributed by atoms with Crippen LogP contribution in [0.5, 0.6) is 0 Å². The van der Waals surface area contributed by atoms with Gasteiger partial charge in [0.1, 0.15) is 11.3 Å². The third-order valence-corrected chi connectivity index (χ3v) is 13.2. The summed E-state index contributed by atoms with van der Waals surface area (Å²) in [7, 11) is 0. The van der Waals surface area contributed by atoms with Crippen molar-refractivity contribution in [2.45, 2.75) is 32.1 Å². The number of aromatic nitrogens is 3.